The molecule has 0 fully saturated rings. The smallest absolute Gasteiger partial charge is 0.287 e. The van der Waals surface area contributed by atoms with Gasteiger partial charge in [0.25, 0.3) is 5.91 Å². The van der Waals surface area contributed by atoms with Gasteiger partial charge in [0.2, 0.25) is 0 Å². The molecule has 166 valence electrons. The Morgan fingerprint density at radius 3 is 2.58 bits per heavy atom. The SMILES string of the molecule is O=C(NCc1ccc(-c2nc3ccccc3s2)o1)c1occc1CS(=O)(=O)c1ccccc1. The Morgan fingerprint density at radius 1 is 0.970 bits per heavy atom. The maximum absolute atomic E-state index is 12.7. The molecule has 2 aromatic carbocycles. The number of nitrogens with one attached hydrogen (secondary N) is 1. The summed E-state index contributed by atoms with van der Waals surface area (Å²) in [6.07, 6.45) is 1.31. The molecule has 0 aliphatic rings. The number of sulfone groups is 1. The number of nitrogens with zero attached hydrogens (tertiary/aromatic N) is 1. The van der Waals surface area contributed by atoms with Crippen LogP contribution in [-0.2, 0) is 22.1 Å². The van der Waals surface area contributed by atoms with Crippen LogP contribution in [0.15, 0.2) is 92.8 Å². The van der Waals surface area contributed by atoms with Crippen molar-refractivity contribution in [3.8, 4) is 10.8 Å². The number of furan rings is 2. The van der Waals surface area contributed by atoms with Crippen molar-refractivity contribution < 1.29 is 22.0 Å². The van der Waals surface area contributed by atoms with Crippen LogP contribution < -0.4 is 5.32 Å². The van der Waals surface area contributed by atoms with E-state index in [1.807, 2.05) is 30.3 Å². The minimum atomic E-state index is -3.61. The third kappa shape index (κ3) is 4.46. The van der Waals surface area contributed by atoms with E-state index in [1.165, 1.54) is 35.8 Å². The Morgan fingerprint density at radius 2 is 1.76 bits per heavy atom. The van der Waals surface area contributed by atoms with Gasteiger partial charge in [-0.05, 0) is 42.5 Å². The molecule has 0 spiro atoms. The maximum atomic E-state index is 12.7. The summed E-state index contributed by atoms with van der Waals surface area (Å²) in [5.41, 5.74) is 1.20. The molecule has 0 saturated heterocycles. The zero-order valence-corrected chi connectivity index (χ0v) is 18.9. The van der Waals surface area contributed by atoms with Gasteiger partial charge in [-0.3, -0.25) is 4.79 Å². The van der Waals surface area contributed by atoms with E-state index < -0.39 is 15.7 Å². The normalized spacial score (nSPS) is 11.6. The highest BCUT2D eigenvalue weighted by atomic mass is 32.2. The summed E-state index contributed by atoms with van der Waals surface area (Å²) in [5.74, 6) is 0.276. The van der Waals surface area contributed by atoms with Crippen molar-refractivity contribution in [1.82, 2.24) is 10.3 Å². The van der Waals surface area contributed by atoms with E-state index in [2.05, 4.69) is 10.3 Å². The van der Waals surface area contributed by atoms with Crippen molar-refractivity contribution in [1.29, 1.82) is 0 Å². The quantitative estimate of drug-likeness (QED) is 0.351. The second kappa shape index (κ2) is 8.68. The second-order valence-corrected chi connectivity index (χ2v) is 10.3. The van der Waals surface area contributed by atoms with Crippen LogP contribution in [0.3, 0.4) is 0 Å². The van der Waals surface area contributed by atoms with Gasteiger partial charge < -0.3 is 14.2 Å². The fourth-order valence-corrected chi connectivity index (χ4v) is 5.68. The average molecular weight is 479 g/mol. The van der Waals surface area contributed by atoms with Gasteiger partial charge in [-0.2, -0.15) is 0 Å². The zero-order chi connectivity index (χ0) is 22.8. The molecule has 0 aliphatic carbocycles. The first-order chi connectivity index (χ1) is 16.0. The summed E-state index contributed by atoms with van der Waals surface area (Å²) >= 11 is 1.53. The molecule has 0 bridgehead atoms. The third-order valence-corrected chi connectivity index (χ3v) is 7.72. The van der Waals surface area contributed by atoms with Crippen LogP contribution in [0.4, 0.5) is 0 Å². The van der Waals surface area contributed by atoms with Gasteiger partial charge in [0.05, 0.1) is 33.7 Å². The molecule has 0 unspecified atom stereocenters. The van der Waals surface area contributed by atoms with E-state index in [0.717, 1.165) is 15.2 Å². The summed E-state index contributed by atoms with van der Waals surface area (Å²) in [7, 11) is -3.61. The first-order valence-electron chi connectivity index (χ1n) is 10.1. The molecule has 1 amide bonds. The van der Waals surface area contributed by atoms with Crippen LogP contribution in [0.5, 0.6) is 0 Å². The van der Waals surface area contributed by atoms with Crippen molar-refractivity contribution in [2.45, 2.75) is 17.2 Å². The standard InChI is InChI=1S/C24H18N2O5S2/c27-23(22-16(12-13-30-22)15-33(28,29)18-6-2-1-3-7-18)25-14-17-10-11-20(31-17)24-26-19-8-4-5-9-21(19)32-24/h1-13H,14-15H2,(H,25,27). The summed E-state index contributed by atoms with van der Waals surface area (Å²) in [6, 6.07) is 21.0. The van der Waals surface area contributed by atoms with Gasteiger partial charge in [-0.15, -0.1) is 11.3 Å². The van der Waals surface area contributed by atoms with Crippen molar-refractivity contribution >= 4 is 37.3 Å². The Kier molecular flexibility index (Phi) is 5.57. The van der Waals surface area contributed by atoms with Crippen LogP contribution in [0.2, 0.25) is 0 Å². The van der Waals surface area contributed by atoms with E-state index in [9.17, 15) is 13.2 Å². The molecule has 7 nitrogen and oxygen atoms in total. The second-order valence-electron chi connectivity index (χ2n) is 7.28. The fourth-order valence-electron chi connectivity index (χ4n) is 3.38. The number of amides is 1. The van der Waals surface area contributed by atoms with Crippen molar-refractivity contribution in [2.24, 2.45) is 0 Å². The lowest BCUT2D eigenvalue weighted by Crippen LogP contribution is -2.23. The highest BCUT2D eigenvalue weighted by Gasteiger charge is 2.22. The average Bonchev–Trinajstić information content (AvgIpc) is 3.57. The summed E-state index contributed by atoms with van der Waals surface area (Å²) in [5, 5.41) is 3.48. The van der Waals surface area contributed by atoms with Crippen LogP contribution >= 0.6 is 11.3 Å². The van der Waals surface area contributed by atoms with Crippen LogP contribution in [0, 0.1) is 0 Å². The van der Waals surface area contributed by atoms with Crippen molar-refractivity contribution in [3.63, 3.8) is 0 Å². The predicted molar refractivity (Wildman–Crippen MR) is 125 cm³/mol. The number of thiazole rings is 1. The highest BCUT2D eigenvalue weighted by Crippen LogP contribution is 2.31. The summed E-state index contributed by atoms with van der Waals surface area (Å²) in [4.78, 5) is 17.4. The minimum absolute atomic E-state index is 0.0348. The number of carbonyl (C=O) groups excluding carboxylic acids is 1. The van der Waals surface area contributed by atoms with Gasteiger partial charge >= 0.3 is 0 Å². The number of fused-ring (bicyclic) bond motifs is 1. The molecule has 0 aliphatic heterocycles. The number of hydrogen-bond acceptors (Lipinski definition) is 7. The molecular formula is C24H18N2O5S2. The molecule has 3 heterocycles. The molecule has 0 atom stereocenters. The first-order valence-corrected chi connectivity index (χ1v) is 12.5. The monoisotopic (exact) mass is 478 g/mol. The van der Waals surface area contributed by atoms with Gasteiger partial charge in [0, 0.05) is 5.56 Å². The topological polar surface area (TPSA) is 102 Å². The number of aromatic nitrogens is 1. The van der Waals surface area contributed by atoms with Crippen LogP contribution in [-0.4, -0.2) is 19.3 Å². The minimum Gasteiger partial charge on any atom is -0.459 e. The van der Waals surface area contributed by atoms with Crippen molar-refractivity contribution in [3.05, 3.63) is 96.1 Å². The van der Waals surface area contributed by atoms with Crippen LogP contribution in [0.1, 0.15) is 21.9 Å². The van der Waals surface area contributed by atoms with Gasteiger partial charge in [0.1, 0.15) is 5.76 Å². The molecule has 5 rings (SSSR count). The molecule has 33 heavy (non-hydrogen) atoms. The van der Waals surface area contributed by atoms with E-state index in [1.54, 1.807) is 24.3 Å². The first kappa shape index (κ1) is 21.2. The fraction of sp³-hybridized carbons (Fsp3) is 0.0833. The largest absolute Gasteiger partial charge is 0.459 e. The number of hydrogen-bond donors (Lipinski definition) is 1. The number of rotatable bonds is 7. The Bertz CT molecular complexity index is 1500. The van der Waals surface area contributed by atoms with E-state index in [4.69, 9.17) is 8.83 Å². The lowest BCUT2D eigenvalue weighted by Gasteiger charge is -2.06. The van der Waals surface area contributed by atoms with E-state index in [0.29, 0.717) is 17.1 Å². The van der Waals surface area contributed by atoms with Crippen LogP contribution in [0.25, 0.3) is 21.0 Å². The predicted octanol–water partition coefficient (Wildman–Crippen LogP) is 5.05. The zero-order valence-electron chi connectivity index (χ0n) is 17.2. The highest BCUT2D eigenvalue weighted by molar-refractivity contribution is 7.90. The lowest BCUT2D eigenvalue weighted by atomic mass is 10.2. The Balaban J connectivity index is 1.27. The van der Waals surface area contributed by atoms with Gasteiger partial charge in [-0.1, -0.05) is 30.3 Å². The maximum Gasteiger partial charge on any atom is 0.287 e. The third-order valence-electron chi connectivity index (χ3n) is 4.99. The Hall–Kier alpha value is -3.69. The molecule has 0 radical (unpaired) electrons. The number of para-hydroxylation sites is 1. The van der Waals surface area contributed by atoms with Crippen molar-refractivity contribution in [2.75, 3.05) is 0 Å². The Labute approximate surface area is 193 Å². The lowest BCUT2D eigenvalue weighted by molar-refractivity contribution is 0.0919. The molecule has 0 saturated carbocycles. The van der Waals surface area contributed by atoms with E-state index >= 15 is 0 Å². The van der Waals surface area contributed by atoms with Gasteiger partial charge in [0.15, 0.2) is 26.4 Å². The molecule has 5 aromatic rings. The summed E-state index contributed by atoms with van der Waals surface area (Å²) in [6.45, 7) is 0.120. The molecule has 9 heteroatoms. The van der Waals surface area contributed by atoms with Gasteiger partial charge in [-0.25, -0.2) is 13.4 Å². The number of benzene rings is 2. The van der Waals surface area contributed by atoms with E-state index in [-0.39, 0.29) is 23.0 Å². The molecule has 1 N–H and O–H groups in total. The molecule has 3 aromatic heterocycles. The molecular weight excluding hydrogens is 460 g/mol. The summed E-state index contributed by atoms with van der Waals surface area (Å²) < 4.78 is 37.5. The number of carbonyl (C=O) groups is 1.